The summed E-state index contributed by atoms with van der Waals surface area (Å²) in [5.41, 5.74) is 4.93. The highest BCUT2D eigenvalue weighted by atomic mass is 32.2. The molecule has 0 saturated heterocycles. The second kappa shape index (κ2) is 8.67. The largest absolute Gasteiger partial charge is 0.493 e. The number of nitrogens with zero attached hydrogens (tertiary/aromatic N) is 2. The normalized spacial score (nSPS) is 11.2. The lowest BCUT2D eigenvalue weighted by Crippen LogP contribution is -2.22. The molecular formula is C26H23N3O3S. The van der Waals surface area contributed by atoms with Crippen molar-refractivity contribution < 1.29 is 9.47 Å². The van der Waals surface area contributed by atoms with E-state index < -0.39 is 0 Å². The molecule has 166 valence electrons. The number of aromatic nitrogens is 3. The molecule has 5 rings (SSSR count). The van der Waals surface area contributed by atoms with Crippen molar-refractivity contribution in [2.24, 2.45) is 0 Å². The smallest absolute Gasteiger partial charge is 0.283 e. The van der Waals surface area contributed by atoms with Crippen molar-refractivity contribution in [3.05, 3.63) is 88.2 Å². The Morgan fingerprint density at radius 3 is 2.48 bits per heavy atom. The number of ether oxygens (including phenoxy) is 2. The fourth-order valence-corrected chi connectivity index (χ4v) is 4.82. The quantitative estimate of drug-likeness (QED) is 0.270. The van der Waals surface area contributed by atoms with Crippen molar-refractivity contribution in [1.29, 1.82) is 0 Å². The highest BCUT2D eigenvalue weighted by Gasteiger charge is 2.18. The van der Waals surface area contributed by atoms with Gasteiger partial charge in [0, 0.05) is 22.7 Å². The highest BCUT2D eigenvalue weighted by Crippen LogP contribution is 2.32. The number of benzene rings is 3. The molecule has 5 aromatic rings. The van der Waals surface area contributed by atoms with Gasteiger partial charge in [0.05, 0.1) is 19.9 Å². The maximum absolute atomic E-state index is 13.7. The van der Waals surface area contributed by atoms with E-state index in [1.165, 1.54) is 17.3 Å². The molecule has 7 heteroatoms. The molecule has 0 unspecified atom stereocenters. The van der Waals surface area contributed by atoms with E-state index in [4.69, 9.17) is 14.5 Å². The van der Waals surface area contributed by atoms with Crippen LogP contribution in [0.1, 0.15) is 11.1 Å². The molecule has 0 fully saturated rings. The van der Waals surface area contributed by atoms with Crippen LogP contribution in [0.5, 0.6) is 11.5 Å². The van der Waals surface area contributed by atoms with Gasteiger partial charge >= 0.3 is 0 Å². The SMILES string of the molecule is COc1ccc(-n2c(SCc3ccc(C)cc3)nc3c([nH]c4ccccc43)c2=O)cc1OC. The lowest BCUT2D eigenvalue weighted by atomic mass is 10.2. The lowest BCUT2D eigenvalue weighted by molar-refractivity contribution is 0.354. The van der Waals surface area contributed by atoms with Crippen LogP contribution in [-0.4, -0.2) is 28.8 Å². The van der Waals surface area contributed by atoms with E-state index in [0.717, 1.165) is 16.5 Å². The molecule has 0 amide bonds. The standard InChI is InChI=1S/C26H23N3O3S/c1-16-8-10-17(11-9-16)15-33-26-28-23-19-6-4-5-7-20(19)27-24(23)25(30)29(26)18-12-13-21(31-2)22(14-18)32-3/h4-14,27H,15H2,1-3H3. The molecule has 0 spiro atoms. The first-order chi connectivity index (χ1) is 16.1. The molecule has 33 heavy (non-hydrogen) atoms. The molecule has 0 saturated carbocycles. The number of aromatic amines is 1. The monoisotopic (exact) mass is 457 g/mol. The van der Waals surface area contributed by atoms with Gasteiger partial charge in [-0.25, -0.2) is 4.98 Å². The summed E-state index contributed by atoms with van der Waals surface area (Å²) in [7, 11) is 3.17. The van der Waals surface area contributed by atoms with Crippen LogP contribution in [0.25, 0.3) is 27.6 Å². The van der Waals surface area contributed by atoms with Gasteiger partial charge in [-0.2, -0.15) is 0 Å². The van der Waals surface area contributed by atoms with Crippen LogP contribution >= 0.6 is 11.8 Å². The molecule has 0 aliphatic carbocycles. The van der Waals surface area contributed by atoms with E-state index >= 15 is 0 Å². The number of fused-ring (bicyclic) bond motifs is 3. The number of methoxy groups -OCH3 is 2. The first kappa shape index (κ1) is 21.2. The Bertz CT molecular complexity index is 1520. The van der Waals surface area contributed by atoms with Crippen molar-refractivity contribution in [3.8, 4) is 17.2 Å². The fraction of sp³-hybridized carbons (Fsp3) is 0.154. The van der Waals surface area contributed by atoms with Gasteiger partial charge in [0.15, 0.2) is 16.7 Å². The van der Waals surface area contributed by atoms with E-state index in [-0.39, 0.29) is 5.56 Å². The number of aryl methyl sites for hydroxylation is 1. The van der Waals surface area contributed by atoms with Crippen LogP contribution in [-0.2, 0) is 5.75 Å². The third-order valence-electron chi connectivity index (χ3n) is 5.61. The molecule has 0 bridgehead atoms. The predicted molar refractivity (Wildman–Crippen MR) is 133 cm³/mol. The molecule has 1 N–H and O–H groups in total. The molecule has 2 aromatic heterocycles. The van der Waals surface area contributed by atoms with Crippen LogP contribution in [0.15, 0.2) is 76.7 Å². The second-order valence-corrected chi connectivity index (χ2v) is 8.69. The maximum Gasteiger partial charge on any atom is 0.283 e. The number of rotatable bonds is 6. The number of hydrogen-bond donors (Lipinski definition) is 1. The minimum Gasteiger partial charge on any atom is -0.493 e. The summed E-state index contributed by atoms with van der Waals surface area (Å²) in [6.45, 7) is 2.07. The van der Waals surface area contributed by atoms with E-state index in [0.29, 0.717) is 39.1 Å². The Hall–Kier alpha value is -3.71. The molecule has 3 aromatic carbocycles. The number of para-hydroxylation sites is 1. The Morgan fingerprint density at radius 1 is 0.970 bits per heavy atom. The van der Waals surface area contributed by atoms with Gasteiger partial charge in [-0.15, -0.1) is 0 Å². The van der Waals surface area contributed by atoms with Crippen LogP contribution in [0.2, 0.25) is 0 Å². The van der Waals surface area contributed by atoms with Crippen molar-refractivity contribution in [3.63, 3.8) is 0 Å². The third kappa shape index (κ3) is 3.85. The molecular weight excluding hydrogens is 434 g/mol. The molecule has 0 radical (unpaired) electrons. The van der Waals surface area contributed by atoms with Gasteiger partial charge in [-0.3, -0.25) is 9.36 Å². The Morgan fingerprint density at radius 2 is 1.73 bits per heavy atom. The average molecular weight is 458 g/mol. The van der Waals surface area contributed by atoms with E-state index in [9.17, 15) is 4.79 Å². The summed E-state index contributed by atoms with van der Waals surface area (Å²) < 4.78 is 12.5. The van der Waals surface area contributed by atoms with E-state index in [1.54, 1.807) is 30.9 Å². The third-order valence-corrected chi connectivity index (χ3v) is 6.62. The molecule has 0 aliphatic heterocycles. The van der Waals surface area contributed by atoms with E-state index in [1.807, 2.05) is 30.3 Å². The topological polar surface area (TPSA) is 69.1 Å². The van der Waals surface area contributed by atoms with Crippen molar-refractivity contribution in [2.45, 2.75) is 17.8 Å². The Balaban J connectivity index is 1.70. The van der Waals surface area contributed by atoms with Crippen molar-refractivity contribution in [1.82, 2.24) is 14.5 Å². The maximum atomic E-state index is 13.7. The summed E-state index contributed by atoms with van der Waals surface area (Å²) in [4.78, 5) is 21.9. The van der Waals surface area contributed by atoms with Crippen LogP contribution < -0.4 is 15.0 Å². The summed E-state index contributed by atoms with van der Waals surface area (Å²) in [5.74, 6) is 1.84. The van der Waals surface area contributed by atoms with Gasteiger partial charge in [-0.1, -0.05) is 59.8 Å². The minimum absolute atomic E-state index is 0.158. The summed E-state index contributed by atoms with van der Waals surface area (Å²) >= 11 is 1.53. The summed E-state index contributed by atoms with van der Waals surface area (Å²) in [6, 6.07) is 21.7. The summed E-state index contributed by atoms with van der Waals surface area (Å²) in [6.07, 6.45) is 0. The van der Waals surface area contributed by atoms with Crippen molar-refractivity contribution >= 4 is 33.7 Å². The average Bonchev–Trinajstić information content (AvgIpc) is 3.22. The molecule has 0 atom stereocenters. The predicted octanol–water partition coefficient (Wildman–Crippen LogP) is 5.48. The van der Waals surface area contributed by atoms with E-state index in [2.05, 4.69) is 36.2 Å². The zero-order chi connectivity index (χ0) is 22.9. The second-order valence-electron chi connectivity index (χ2n) is 7.74. The van der Waals surface area contributed by atoms with Crippen LogP contribution in [0.4, 0.5) is 0 Å². The van der Waals surface area contributed by atoms with Gasteiger partial charge in [-0.05, 0) is 30.7 Å². The van der Waals surface area contributed by atoms with Crippen LogP contribution in [0, 0.1) is 6.92 Å². The van der Waals surface area contributed by atoms with Crippen molar-refractivity contribution in [2.75, 3.05) is 14.2 Å². The number of thioether (sulfide) groups is 1. The first-order valence-electron chi connectivity index (χ1n) is 10.5. The Kier molecular flexibility index (Phi) is 5.56. The zero-order valence-electron chi connectivity index (χ0n) is 18.6. The molecule has 2 heterocycles. The minimum atomic E-state index is -0.158. The molecule has 0 aliphatic rings. The lowest BCUT2D eigenvalue weighted by Gasteiger charge is -2.14. The fourth-order valence-electron chi connectivity index (χ4n) is 3.86. The Labute approximate surface area is 195 Å². The van der Waals surface area contributed by atoms with Gasteiger partial charge < -0.3 is 14.5 Å². The zero-order valence-corrected chi connectivity index (χ0v) is 19.4. The number of H-pyrrole nitrogens is 1. The van der Waals surface area contributed by atoms with Gasteiger partial charge in [0.1, 0.15) is 11.0 Å². The number of hydrogen-bond acceptors (Lipinski definition) is 5. The van der Waals surface area contributed by atoms with Gasteiger partial charge in [0.25, 0.3) is 5.56 Å². The summed E-state index contributed by atoms with van der Waals surface area (Å²) in [5, 5.41) is 1.55. The van der Waals surface area contributed by atoms with Crippen LogP contribution in [0.3, 0.4) is 0 Å². The van der Waals surface area contributed by atoms with Gasteiger partial charge in [0.2, 0.25) is 0 Å². The molecule has 6 nitrogen and oxygen atoms in total. The highest BCUT2D eigenvalue weighted by molar-refractivity contribution is 7.98. The number of nitrogens with one attached hydrogen (secondary N) is 1. The first-order valence-corrected chi connectivity index (χ1v) is 11.5.